The molecule has 0 unspecified atom stereocenters. The molecule has 0 amide bonds. The zero-order valence-corrected chi connectivity index (χ0v) is 13.7. The lowest BCUT2D eigenvalue weighted by Crippen LogP contribution is -2.04. The molecule has 0 aliphatic rings. The Kier molecular flexibility index (Phi) is 4.58. The van der Waals surface area contributed by atoms with Crippen molar-refractivity contribution in [1.82, 2.24) is 9.78 Å². The van der Waals surface area contributed by atoms with Gasteiger partial charge in [0.1, 0.15) is 12.4 Å². The number of nitrogens with zero attached hydrogens (tertiary/aromatic N) is 2. The van der Waals surface area contributed by atoms with Gasteiger partial charge in [0.15, 0.2) is 0 Å². The van der Waals surface area contributed by atoms with Gasteiger partial charge in [-0.2, -0.15) is 5.10 Å². The van der Waals surface area contributed by atoms with E-state index < -0.39 is 9.05 Å². The summed E-state index contributed by atoms with van der Waals surface area (Å²) in [5.74, 6) is 0.623. The minimum Gasteiger partial charge on any atom is -0.487 e. The molecule has 7 heteroatoms. The number of halogens is 1. The number of rotatable bonds is 5. The lowest BCUT2D eigenvalue weighted by atomic mass is 10.2. The largest absolute Gasteiger partial charge is 0.487 e. The second-order valence-corrected chi connectivity index (χ2v) is 7.32. The number of ether oxygens (including phenoxy) is 1. The summed E-state index contributed by atoms with van der Waals surface area (Å²) in [6.07, 6.45) is 0.870. The highest BCUT2D eigenvalue weighted by Gasteiger charge is 2.12. The standard InChI is InChI=1S/C14H17ClN2O3S/c1-4-11-8-12(17(3)16-11)9-20-14-6-5-13(7-10(14)2)21(15,18)19/h5-8H,4,9H2,1-3H3. The first-order valence-corrected chi connectivity index (χ1v) is 8.82. The van der Waals surface area contributed by atoms with Crippen molar-refractivity contribution in [3.8, 4) is 5.75 Å². The Morgan fingerprint density at radius 3 is 2.57 bits per heavy atom. The van der Waals surface area contributed by atoms with E-state index in [0.717, 1.165) is 23.4 Å². The van der Waals surface area contributed by atoms with Crippen molar-refractivity contribution < 1.29 is 13.2 Å². The molecule has 1 aromatic heterocycles. The molecule has 0 radical (unpaired) electrons. The minimum atomic E-state index is -3.71. The summed E-state index contributed by atoms with van der Waals surface area (Å²) in [6, 6.07) is 6.54. The quantitative estimate of drug-likeness (QED) is 0.792. The van der Waals surface area contributed by atoms with Crippen LogP contribution < -0.4 is 4.74 Å². The van der Waals surface area contributed by atoms with Crippen LogP contribution >= 0.6 is 10.7 Å². The second-order valence-electron chi connectivity index (χ2n) is 4.76. The highest BCUT2D eigenvalue weighted by Crippen LogP contribution is 2.24. The van der Waals surface area contributed by atoms with Gasteiger partial charge in [0.05, 0.1) is 16.3 Å². The molecule has 0 aliphatic carbocycles. The zero-order valence-electron chi connectivity index (χ0n) is 12.1. The molecule has 1 aromatic carbocycles. The lowest BCUT2D eigenvalue weighted by Gasteiger charge is -2.10. The minimum absolute atomic E-state index is 0.0721. The van der Waals surface area contributed by atoms with Crippen molar-refractivity contribution in [2.45, 2.75) is 31.8 Å². The van der Waals surface area contributed by atoms with Gasteiger partial charge in [-0.25, -0.2) is 8.42 Å². The van der Waals surface area contributed by atoms with Gasteiger partial charge in [-0.05, 0) is 43.2 Å². The van der Waals surface area contributed by atoms with Crippen LogP contribution in [0.4, 0.5) is 0 Å². The summed E-state index contributed by atoms with van der Waals surface area (Å²) >= 11 is 0. The molecule has 0 bridgehead atoms. The van der Waals surface area contributed by atoms with E-state index in [1.54, 1.807) is 17.7 Å². The summed E-state index contributed by atoms with van der Waals surface area (Å²) in [6.45, 7) is 4.20. The SMILES string of the molecule is CCc1cc(COc2ccc(S(=O)(=O)Cl)cc2C)n(C)n1. The van der Waals surface area contributed by atoms with Gasteiger partial charge >= 0.3 is 0 Å². The third-order valence-corrected chi connectivity index (χ3v) is 4.54. The van der Waals surface area contributed by atoms with Crippen molar-refractivity contribution in [3.63, 3.8) is 0 Å². The molecule has 0 aliphatic heterocycles. The number of hydrogen-bond acceptors (Lipinski definition) is 4. The normalized spacial score (nSPS) is 11.6. The van der Waals surface area contributed by atoms with Crippen LogP contribution in [0.2, 0.25) is 0 Å². The first-order chi connectivity index (χ1) is 9.81. The topological polar surface area (TPSA) is 61.2 Å². The van der Waals surface area contributed by atoms with Gasteiger partial charge in [0.25, 0.3) is 9.05 Å². The van der Waals surface area contributed by atoms with Crippen LogP contribution in [-0.2, 0) is 29.1 Å². The van der Waals surface area contributed by atoms with Crippen molar-refractivity contribution in [2.75, 3.05) is 0 Å². The average molecular weight is 329 g/mol. The van der Waals surface area contributed by atoms with E-state index >= 15 is 0 Å². The van der Waals surface area contributed by atoms with E-state index in [1.165, 1.54) is 12.1 Å². The number of aromatic nitrogens is 2. The Hall–Kier alpha value is -1.53. The van der Waals surface area contributed by atoms with Gasteiger partial charge in [-0.3, -0.25) is 4.68 Å². The molecule has 0 N–H and O–H groups in total. The predicted molar refractivity (Wildman–Crippen MR) is 81.1 cm³/mol. The Balaban J connectivity index is 2.15. The Labute approximate surface area is 128 Å². The Morgan fingerprint density at radius 2 is 2.05 bits per heavy atom. The molecule has 114 valence electrons. The molecule has 2 rings (SSSR count). The van der Waals surface area contributed by atoms with E-state index in [-0.39, 0.29) is 4.90 Å². The van der Waals surface area contributed by atoms with E-state index in [4.69, 9.17) is 15.4 Å². The summed E-state index contributed by atoms with van der Waals surface area (Å²) in [7, 11) is 3.47. The summed E-state index contributed by atoms with van der Waals surface area (Å²) in [4.78, 5) is 0.0721. The van der Waals surface area contributed by atoms with Crippen LogP contribution in [-0.4, -0.2) is 18.2 Å². The Morgan fingerprint density at radius 1 is 1.33 bits per heavy atom. The second kappa shape index (κ2) is 6.07. The predicted octanol–water partition coefficient (Wildman–Crippen LogP) is 2.80. The molecule has 0 saturated carbocycles. The van der Waals surface area contributed by atoms with Crippen molar-refractivity contribution >= 4 is 19.7 Å². The number of hydrogen-bond donors (Lipinski definition) is 0. The van der Waals surface area contributed by atoms with Gasteiger partial charge in [-0.15, -0.1) is 0 Å². The maximum absolute atomic E-state index is 11.3. The monoisotopic (exact) mass is 328 g/mol. The van der Waals surface area contributed by atoms with E-state index in [9.17, 15) is 8.42 Å². The van der Waals surface area contributed by atoms with Gasteiger partial charge < -0.3 is 4.74 Å². The van der Waals surface area contributed by atoms with Crippen LogP contribution in [0.3, 0.4) is 0 Å². The number of benzene rings is 1. The maximum Gasteiger partial charge on any atom is 0.261 e. The van der Waals surface area contributed by atoms with Gasteiger partial charge in [0, 0.05) is 17.7 Å². The van der Waals surface area contributed by atoms with Crippen LogP contribution in [0.25, 0.3) is 0 Å². The van der Waals surface area contributed by atoms with Crippen LogP contribution in [0, 0.1) is 6.92 Å². The van der Waals surface area contributed by atoms with E-state index in [2.05, 4.69) is 5.10 Å². The smallest absolute Gasteiger partial charge is 0.261 e. The molecular formula is C14H17ClN2O3S. The van der Waals surface area contributed by atoms with Crippen LogP contribution in [0.1, 0.15) is 23.9 Å². The van der Waals surface area contributed by atoms with E-state index in [0.29, 0.717) is 12.4 Å². The van der Waals surface area contributed by atoms with Gasteiger partial charge in [0.2, 0.25) is 0 Å². The highest BCUT2D eigenvalue weighted by atomic mass is 35.7. The molecule has 0 atom stereocenters. The third kappa shape index (κ3) is 3.77. The highest BCUT2D eigenvalue weighted by molar-refractivity contribution is 8.13. The summed E-state index contributed by atoms with van der Waals surface area (Å²) in [5, 5.41) is 4.35. The van der Waals surface area contributed by atoms with Crippen molar-refractivity contribution in [2.24, 2.45) is 7.05 Å². The zero-order chi connectivity index (χ0) is 15.6. The average Bonchev–Trinajstić information content (AvgIpc) is 2.77. The molecule has 0 spiro atoms. The fourth-order valence-electron chi connectivity index (χ4n) is 1.97. The number of aryl methyl sites for hydroxylation is 3. The molecule has 2 aromatic rings. The summed E-state index contributed by atoms with van der Waals surface area (Å²) < 4.78 is 30.1. The molecule has 5 nitrogen and oxygen atoms in total. The summed E-state index contributed by atoms with van der Waals surface area (Å²) in [5.41, 5.74) is 2.69. The lowest BCUT2D eigenvalue weighted by molar-refractivity contribution is 0.292. The first kappa shape index (κ1) is 15.9. The Bertz CT molecular complexity index is 754. The van der Waals surface area contributed by atoms with Crippen LogP contribution in [0.15, 0.2) is 29.2 Å². The fourth-order valence-corrected chi connectivity index (χ4v) is 2.80. The molecule has 21 heavy (non-hydrogen) atoms. The molecule has 0 fully saturated rings. The van der Waals surface area contributed by atoms with Gasteiger partial charge in [-0.1, -0.05) is 6.92 Å². The molecule has 1 heterocycles. The van der Waals surface area contributed by atoms with Crippen molar-refractivity contribution in [3.05, 3.63) is 41.2 Å². The fraction of sp³-hybridized carbons (Fsp3) is 0.357. The first-order valence-electron chi connectivity index (χ1n) is 6.51. The van der Waals surface area contributed by atoms with E-state index in [1.807, 2.05) is 20.0 Å². The molecule has 0 saturated heterocycles. The third-order valence-electron chi connectivity index (χ3n) is 3.19. The maximum atomic E-state index is 11.3. The molecular weight excluding hydrogens is 312 g/mol. The van der Waals surface area contributed by atoms with Crippen LogP contribution in [0.5, 0.6) is 5.75 Å². The van der Waals surface area contributed by atoms with Crippen molar-refractivity contribution in [1.29, 1.82) is 0 Å².